The summed E-state index contributed by atoms with van der Waals surface area (Å²) < 4.78 is 0. The molecule has 0 aliphatic carbocycles. The maximum atomic E-state index is 11.9. The van der Waals surface area contributed by atoms with Crippen LogP contribution < -0.4 is 16.4 Å². The molecule has 0 atom stereocenters. The molecule has 0 saturated heterocycles. The molecule has 2 amide bonds. The molecule has 104 valence electrons. The Balaban J connectivity index is 2.43. The zero-order valence-corrected chi connectivity index (χ0v) is 11.5. The normalized spacial score (nSPS) is 10.0. The third kappa shape index (κ3) is 4.99. The van der Waals surface area contributed by atoms with Crippen molar-refractivity contribution in [3.8, 4) is 0 Å². The van der Waals surface area contributed by atoms with Crippen molar-refractivity contribution in [3.63, 3.8) is 0 Å². The van der Waals surface area contributed by atoms with Crippen LogP contribution in [0.5, 0.6) is 0 Å². The van der Waals surface area contributed by atoms with Crippen LogP contribution in [0.4, 0.5) is 5.69 Å². The van der Waals surface area contributed by atoms with Gasteiger partial charge in [0.05, 0.1) is 0 Å². The predicted octanol–water partition coefficient (Wildman–Crippen LogP) is 1.42. The number of primary amides is 1. The number of anilines is 1. The standard InChI is InChI=1S/C14H21N3O2/c1-10-9-11(16-2)6-7-12(10)14(19)17-8-4-3-5-13(15)18/h6-7,9,16H,3-5,8H2,1-2H3,(H2,15,18)(H,17,19). The molecule has 5 nitrogen and oxygen atoms in total. The van der Waals surface area contributed by atoms with E-state index in [1.165, 1.54) is 0 Å². The van der Waals surface area contributed by atoms with Crippen LogP contribution in [0, 0.1) is 6.92 Å². The molecule has 0 radical (unpaired) electrons. The molecular formula is C14H21N3O2. The van der Waals surface area contributed by atoms with Crippen molar-refractivity contribution in [2.75, 3.05) is 18.9 Å². The zero-order chi connectivity index (χ0) is 14.3. The molecule has 0 heterocycles. The largest absolute Gasteiger partial charge is 0.388 e. The summed E-state index contributed by atoms with van der Waals surface area (Å²) in [4.78, 5) is 22.5. The number of hydrogen-bond acceptors (Lipinski definition) is 3. The van der Waals surface area contributed by atoms with E-state index in [9.17, 15) is 9.59 Å². The Hall–Kier alpha value is -2.04. The van der Waals surface area contributed by atoms with E-state index in [0.29, 0.717) is 24.9 Å². The number of hydrogen-bond donors (Lipinski definition) is 3. The lowest BCUT2D eigenvalue weighted by Crippen LogP contribution is -2.25. The zero-order valence-electron chi connectivity index (χ0n) is 11.5. The van der Waals surface area contributed by atoms with Gasteiger partial charge in [-0.05, 0) is 43.5 Å². The van der Waals surface area contributed by atoms with Gasteiger partial charge in [0.25, 0.3) is 5.91 Å². The van der Waals surface area contributed by atoms with Crippen LogP contribution in [-0.4, -0.2) is 25.4 Å². The van der Waals surface area contributed by atoms with Crippen LogP contribution in [0.25, 0.3) is 0 Å². The molecule has 0 spiro atoms. The third-order valence-corrected chi connectivity index (χ3v) is 2.90. The molecule has 1 aromatic carbocycles. The molecule has 1 aromatic rings. The highest BCUT2D eigenvalue weighted by molar-refractivity contribution is 5.96. The van der Waals surface area contributed by atoms with Crippen molar-refractivity contribution in [2.45, 2.75) is 26.2 Å². The van der Waals surface area contributed by atoms with E-state index in [2.05, 4.69) is 10.6 Å². The first-order valence-electron chi connectivity index (χ1n) is 6.39. The van der Waals surface area contributed by atoms with E-state index in [4.69, 9.17) is 5.73 Å². The van der Waals surface area contributed by atoms with E-state index >= 15 is 0 Å². The first kappa shape index (κ1) is 15.0. The van der Waals surface area contributed by atoms with E-state index in [1.54, 1.807) is 6.07 Å². The molecular weight excluding hydrogens is 242 g/mol. The monoisotopic (exact) mass is 263 g/mol. The van der Waals surface area contributed by atoms with Gasteiger partial charge in [-0.25, -0.2) is 0 Å². The first-order chi connectivity index (χ1) is 9.04. The Morgan fingerprint density at radius 2 is 2.00 bits per heavy atom. The van der Waals surface area contributed by atoms with Gasteiger partial charge in [0.1, 0.15) is 0 Å². The summed E-state index contributed by atoms with van der Waals surface area (Å²) in [6, 6.07) is 5.61. The number of amides is 2. The summed E-state index contributed by atoms with van der Waals surface area (Å²) in [5, 5.41) is 5.87. The fraction of sp³-hybridized carbons (Fsp3) is 0.429. The van der Waals surface area contributed by atoms with Crippen LogP contribution in [0.15, 0.2) is 18.2 Å². The lowest BCUT2D eigenvalue weighted by molar-refractivity contribution is -0.118. The molecule has 1 rings (SSSR count). The van der Waals surface area contributed by atoms with Crippen molar-refractivity contribution in [1.29, 1.82) is 0 Å². The lowest BCUT2D eigenvalue weighted by Gasteiger charge is -2.09. The number of unbranched alkanes of at least 4 members (excludes halogenated alkanes) is 1. The lowest BCUT2D eigenvalue weighted by atomic mass is 10.1. The van der Waals surface area contributed by atoms with Gasteiger partial charge in [-0.1, -0.05) is 0 Å². The first-order valence-corrected chi connectivity index (χ1v) is 6.39. The maximum Gasteiger partial charge on any atom is 0.251 e. The second-order valence-electron chi connectivity index (χ2n) is 4.46. The Bertz CT molecular complexity index is 458. The average molecular weight is 263 g/mol. The van der Waals surface area contributed by atoms with E-state index in [-0.39, 0.29) is 11.8 Å². The molecule has 0 aliphatic rings. The molecule has 19 heavy (non-hydrogen) atoms. The number of benzene rings is 1. The van der Waals surface area contributed by atoms with E-state index < -0.39 is 0 Å². The fourth-order valence-electron chi connectivity index (χ4n) is 1.80. The minimum absolute atomic E-state index is 0.0840. The molecule has 0 aromatic heterocycles. The molecule has 5 heteroatoms. The van der Waals surface area contributed by atoms with Crippen LogP contribution >= 0.6 is 0 Å². The van der Waals surface area contributed by atoms with Gasteiger partial charge in [-0.3, -0.25) is 9.59 Å². The van der Waals surface area contributed by atoms with Crippen molar-refractivity contribution >= 4 is 17.5 Å². The van der Waals surface area contributed by atoms with E-state index in [1.807, 2.05) is 26.1 Å². The topological polar surface area (TPSA) is 84.2 Å². The molecule has 0 unspecified atom stereocenters. The number of rotatable bonds is 7. The van der Waals surface area contributed by atoms with Crippen LogP contribution in [-0.2, 0) is 4.79 Å². The van der Waals surface area contributed by atoms with Gasteiger partial charge in [-0.2, -0.15) is 0 Å². The van der Waals surface area contributed by atoms with Crippen molar-refractivity contribution in [2.24, 2.45) is 5.73 Å². The molecule has 0 saturated carbocycles. The van der Waals surface area contributed by atoms with Gasteiger partial charge >= 0.3 is 0 Å². The van der Waals surface area contributed by atoms with Gasteiger partial charge in [-0.15, -0.1) is 0 Å². The summed E-state index contributed by atoms with van der Waals surface area (Å²) in [5.41, 5.74) is 7.63. The number of nitrogens with two attached hydrogens (primary N) is 1. The number of carbonyl (C=O) groups excluding carboxylic acids is 2. The van der Waals surface area contributed by atoms with Crippen molar-refractivity contribution < 1.29 is 9.59 Å². The molecule has 0 aliphatic heterocycles. The highest BCUT2D eigenvalue weighted by Gasteiger charge is 2.08. The maximum absolute atomic E-state index is 11.9. The van der Waals surface area contributed by atoms with Gasteiger partial charge in [0, 0.05) is 31.3 Å². The third-order valence-electron chi connectivity index (χ3n) is 2.90. The van der Waals surface area contributed by atoms with Gasteiger partial charge in [0.2, 0.25) is 5.91 Å². The Morgan fingerprint density at radius 1 is 1.26 bits per heavy atom. The summed E-state index contributed by atoms with van der Waals surface area (Å²) in [6.07, 6.45) is 1.82. The Morgan fingerprint density at radius 3 is 2.58 bits per heavy atom. The van der Waals surface area contributed by atoms with Crippen LogP contribution in [0.2, 0.25) is 0 Å². The quantitative estimate of drug-likeness (QED) is 0.650. The summed E-state index contributed by atoms with van der Waals surface area (Å²) in [7, 11) is 1.84. The minimum atomic E-state index is -0.301. The van der Waals surface area contributed by atoms with Gasteiger partial charge < -0.3 is 16.4 Å². The fourth-order valence-corrected chi connectivity index (χ4v) is 1.80. The highest BCUT2D eigenvalue weighted by Crippen LogP contribution is 2.14. The number of nitrogens with one attached hydrogen (secondary N) is 2. The predicted molar refractivity (Wildman–Crippen MR) is 76.1 cm³/mol. The average Bonchev–Trinajstić information content (AvgIpc) is 2.37. The summed E-state index contributed by atoms with van der Waals surface area (Å²) >= 11 is 0. The minimum Gasteiger partial charge on any atom is -0.388 e. The summed E-state index contributed by atoms with van der Waals surface area (Å²) in [5.74, 6) is -0.385. The number of aryl methyl sites for hydroxylation is 1. The summed E-state index contributed by atoms with van der Waals surface area (Å²) in [6.45, 7) is 2.46. The highest BCUT2D eigenvalue weighted by atomic mass is 16.2. The number of carbonyl (C=O) groups is 2. The van der Waals surface area contributed by atoms with Crippen LogP contribution in [0.3, 0.4) is 0 Å². The van der Waals surface area contributed by atoms with Gasteiger partial charge in [0.15, 0.2) is 0 Å². The van der Waals surface area contributed by atoms with E-state index in [0.717, 1.165) is 17.7 Å². The second-order valence-corrected chi connectivity index (χ2v) is 4.46. The SMILES string of the molecule is CNc1ccc(C(=O)NCCCCC(N)=O)c(C)c1. The van der Waals surface area contributed by atoms with Crippen molar-refractivity contribution in [1.82, 2.24) is 5.32 Å². The molecule has 0 fully saturated rings. The van der Waals surface area contributed by atoms with Crippen molar-refractivity contribution in [3.05, 3.63) is 29.3 Å². The Labute approximate surface area is 113 Å². The van der Waals surface area contributed by atoms with Crippen LogP contribution in [0.1, 0.15) is 35.2 Å². The smallest absolute Gasteiger partial charge is 0.251 e. The molecule has 4 N–H and O–H groups in total. The second kappa shape index (κ2) is 7.41. The Kier molecular flexibility index (Phi) is 5.85. The molecule has 0 bridgehead atoms.